The summed E-state index contributed by atoms with van der Waals surface area (Å²) in [5, 5.41) is 6.79. The number of aromatic nitrogens is 2. The molecule has 0 saturated heterocycles. The van der Waals surface area contributed by atoms with Crippen molar-refractivity contribution in [2.75, 3.05) is 6.54 Å². The third-order valence-electron chi connectivity index (χ3n) is 4.14. The van der Waals surface area contributed by atoms with Gasteiger partial charge in [0.05, 0.1) is 11.8 Å². The maximum Gasteiger partial charge on any atom is 0.416 e. The SMILES string of the molecule is Cn1cc(-c2ccc(CCNC(=O)c3cccc(C(F)(F)F)c3)cc2)cn1. The third kappa shape index (κ3) is 4.75. The van der Waals surface area contributed by atoms with Crippen molar-refractivity contribution in [1.29, 1.82) is 0 Å². The Morgan fingerprint density at radius 1 is 1.11 bits per heavy atom. The van der Waals surface area contributed by atoms with E-state index in [4.69, 9.17) is 0 Å². The maximum absolute atomic E-state index is 12.7. The van der Waals surface area contributed by atoms with Gasteiger partial charge in [0.2, 0.25) is 0 Å². The second kappa shape index (κ2) is 7.65. The number of hydrogen-bond donors (Lipinski definition) is 1. The van der Waals surface area contributed by atoms with Gasteiger partial charge in [-0.05, 0) is 35.7 Å². The number of halogens is 3. The minimum atomic E-state index is -4.47. The molecule has 0 saturated carbocycles. The standard InChI is InChI=1S/C20H18F3N3O/c1-26-13-17(12-25-26)15-7-5-14(6-8-15)9-10-24-19(27)16-3-2-4-18(11-16)20(21,22)23/h2-8,11-13H,9-10H2,1H3,(H,24,27). The number of carbonyl (C=O) groups is 1. The van der Waals surface area contributed by atoms with Crippen molar-refractivity contribution in [3.05, 3.63) is 77.6 Å². The summed E-state index contributed by atoms with van der Waals surface area (Å²) in [5.74, 6) is -0.520. The molecule has 140 valence electrons. The predicted octanol–water partition coefficient (Wildman–Crippen LogP) is 4.08. The molecule has 1 aromatic heterocycles. The van der Waals surface area contributed by atoms with Crippen LogP contribution >= 0.6 is 0 Å². The Morgan fingerprint density at radius 3 is 2.48 bits per heavy atom. The van der Waals surface area contributed by atoms with Gasteiger partial charge in [-0.25, -0.2) is 0 Å². The second-order valence-corrected chi connectivity index (χ2v) is 6.18. The number of alkyl halides is 3. The summed E-state index contributed by atoms with van der Waals surface area (Å²) < 4.78 is 39.9. The van der Waals surface area contributed by atoms with E-state index < -0.39 is 17.6 Å². The van der Waals surface area contributed by atoms with Gasteiger partial charge < -0.3 is 5.32 Å². The van der Waals surface area contributed by atoms with Crippen LogP contribution in [-0.2, 0) is 19.6 Å². The first kappa shape index (κ1) is 18.7. The van der Waals surface area contributed by atoms with Gasteiger partial charge in [-0.3, -0.25) is 9.48 Å². The van der Waals surface area contributed by atoms with Crippen LogP contribution in [0.15, 0.2) is 60.9 Å². The van der Waals surface area contributed by atoms with Crippen molar-refractivity contribution in [2.45, 2.75) is 12.6 Å². The number of carbonyl (C=O) groups excluding carboxylic acids is 1. The van der Waals surface area contributed by atoms with Crippen LogP contribution in [0.25, 0.3) is 11.1 Å². The van der Waals surface area contributed by atoms with Crippen molar-refractivity contribution >= 4 is 5.91 Å². The van der Waals surface area contributed by atoms with Gasteiger partial charge in [-0.15, -0.1) is 0 Å². The van der Waals surface area contributed by atoms with Gasteiger partial charge >= 0.3 is 6.18 Å². The van der Waals surface area contributed by atoms with Gasteiger partial charge in [0.25, 0.3) is 5.91 Å². The fourth-order valence-corrected chi connectivity index (χ4v) is 2.69. The largest absolute Gasteiger partial charge is 0.416 e. The Balaban J connectivity index is 1.56. The molecule has 1 amide bonds. The second-order valence-electron chi connectivity index (χ2n) is 6.18. The molecule has 4 nitrogen and oxygen atoms in total. The number of aryl methyl sites for hydroxylation is 1. The lowest BCUT2D eigenvalue weighted by atomic mass is 10.1. The van der Waals surface area contributed by atoms with Crippen LogP contribution in [0.3, 0.4) is 0 Å². The fraction of sp³-hybridized carbons (Fsp3) is 0.200. The van der Waals surface area contributed by atoms with E-state index in [-0.39, 0.29) is 5.56 Å². The molecule has 0 aliphatic heterocycles. The van der Waals surface area contributed by atoms with E-state index in [0.717, 1.165) is 28.8 Å². The minimum absolute atomic E-state index is 0.00301. The highest BCUT2D eigenvalue weighted by Crippen LogP contribution is 2.29. The normalized spacial score (nSPS) is 11.4. The summed E-state index contributed by atoms with van der Waals surface area (Å²) in [5.41, 5.74) is 2.24. The summed E-state index contributed by atoms with van der Waals surface area (Å²) in [6.45, 7) is 0.335. The molecular formula is C20H18F3N3O. The summed E-state index contributed by atoms with van der Waals surface area (Å²) in [4.78, 5) is 12.1. The van der Waals surface area contributed by atoms with Crippen molar-refractivity contribution < 1.29 is 18.0 Å². The van der Waals surface area contributed by atoms with Crippen molar-refractivity contribution in [3.8, 4) is 11.1 Å². The van der Waals surface area contributed by atoms with Gasteiger partial charge in [-0.2, -0.15) is 18.3 Å². The molecule has 0 aliphatic rings. The highest BCUT2D eigenvalue weighted by atomic mass is 19.4. The summed E-state index contributed by atoms with van der Waals surface area (Å²) in [6.07, 6.45) is -0.182. The van der Waals surface area contributed by atoms with Crippen LogP contribution in [0.2, 0.25) is 0 Å². The van der Waals surface area contributed by atoms with Crippen LogP contribution in [0.5, 0.6) is 0 Å². The molecule has 0 unspecified atom stereocenters. The highest BCUT2D eigenvalue weighted by Gasteiger charge is 2.30. The predicted molar refractivity (Wildman–Crippen MR) is 96.1 cm³/mol. The van der Waals surface area contributed by atoms with Crippen LogP contribution in [0, 0.1) is 0 Å². The maximum atomic E-state index is 12.7. The van der Waals surface area contributed by atoms with E-state index in [1.165, 1.54) is 12.1 Å². The number of nitrogens with one attached hydrogen (secondary N) is 1. The number of benzene rings is 2. The van der Waals surface area contributed by atoms with E-state index in [1.54, 1.807) is 10.9 Å². The van der Waals surface area contributed by atoms with E-state index >= 15 is 0 Å². The van der Waals surface area contributed by atoms with E-state index in [9.17, 15) is 18.0 Å². The molecular weight excluding hydrogens is 355 g/mol. The Morgan fingerprint density at radius 2 is 1.85 bits per heavy atom. The van der Waals surface area contributed by atoms with Gasteiger partial charge in [0.1, 0.15) is 0 Å². The minimum Gasteiger partial charge on any atom is -0.352 e. The lowest BCUT2D eigenvalue weighted by Crippen LogP contribution is -2.26. The first-order chi connectivity index (χ1) is 12.8. The zero-order valence-corrected chi connectivity index (χ0v) is 14.6. The Hall–Kier alpha value is -3.09. The molecule has 1 N–H and O–H groups in total. The van der Waals surface area contributed by atoms with Crippen molar-refractivity contribution in [2.24, 2.45) is 7.05 Å². The van der Waals surface area contributed by atoms with Crippen molar-refractivity contribution in [3.63, 3.8) is 0 Å². The first-order valence-corrected chi connectivity index (χ1v) is 8.36. The average Bonchev–Trinajstić information content (AvgIpc) is 3.08. The molecule has 7 heteroatoms. The summed E-state index contributed by atoms with van der Waals surface area (Å²) in [7, 11) is 1.85. The lowest BCUT2D eigenvalue weighted by molar-refractivity contribution is -0.137. The van der Waals surface area contributed by atoms with Gasteiger partial charge in [0.15, 0.2) is 0 Å². The Bertz CT molecular complexity index is 930. The monoisotopic (exact) mass is 373 g/mol. The molecule has 0 atom stereocenters. The zero-order chi connectivity index (χ0) is 19.4. The zero-order valence-electron chi connectivity index (χ0n) is 14.6. The van der Waals surface area contributed by atoms with Crippen LogP contribution in [0.1, 0.15) is 21.5 Å². The molecule has 3 rings (SSSR count). The summed E-state index contributed by atoms with van der Waals surface area (Å²) >= 11 is 0. The quantitative estimate of drug-likeness (QED) is 0.733. The Kier molecular flexibility index (Phi) is 5.30. The molecule has 1 heterocycles. The molecule has 0 radical (unpaired) electrons. The number of amides is 1. The fourth-order valence-electron chi connectivity index (χ4n) is 2.69. The first-order valence-electron chi connectivity index (χ1n) is 8.36. The molecule has 0 bridgehead atoms. The lowest BCUT2D eigenvalue weighted by Gasteiger charge is -2.09. The average molecular weight is 373 g/mol. The van der Waals surface area contributed by atoms with E-state index in [0.29, 0.717) is 13.0 Å². The smallest absolute Gasteiger partial charge is 0.352 e. The molecule has 0 fully saturated rings. The van der Waals surface area contributed by atoms with Crippen molar-refractivity contribution in [1.82, 2.24) is 15.1 Å². The third-order valence-corrected chi connectivity index (χ3v) is 4.14. The molecule has 3 aromatic rings. The summed E-state index contributed by atoms with van der Waals surface area (Å²) in [6, 6.07) is 12.3. The van der Waals surface area contributed by atoms with Crippen LogP contribution < -0.4 is 5.32 Å². The molecule has 2 aromatic carbocycles. The number of hydrogen-bond acceptors (Lipinski definition) is 2. The van der Waals surface area contributed by atoms with Gasteiger partial charge in [0, 0.05) is 30.9 Å². The van der Waals surface area contributed by atoms with E-state index in [1.807, 2.05) is 37.5 Å². The van der Waals surface area contributed by atoms with Gasteiger partial charge in [-0.1, -0.05) is 30.3 Å². The molecule has 0 spiro atoms. The Labute approximate surface area is 154 Å². The number of rotatable bonds is 5. The highest BCUT2D eigenvalue weighted by molar-refractivity contribution is 5.94. The molecule has 27 heavy (non-hydrogen) atoms. The number of nitrogens with zero attached hydrogens (tertiary/aromatic N) is 2. The van der Waals surface area contributed by atoms with E-state index in [2.05, 4.69) is 10.4 Å². The van der Waals surface area contributed by atoms with Crippen LogP contribution in [0.4, 0.5) is 13.2 Å². The van der Waals surface area contributed by atoms with Crippen LogP contribution in [-0.4, -0.2) is 22.2 Å². The topological polar surface area (TPSA) is 46.9 Å². The molecule has 0 aliphatic carbocycles.